The van der Waals surface area contributed by atoms with Crippen LogP contribution in [0.4, 0.5) is 0 Å². The number of fused-ring (bicyclic) bond motifs is 1. The smallest absolute Gasteiger partial charge is 0.248 e. The first-order valence-electron chi connectivity index (χ1n) is 13.6. The zero-order valence-corrected chi connectivity index (χ0v) is 22.7. The Morgan fingerprint density at radius 2 is 0.780 bits per heavy atom. The normalized spacial score (nSPS) is 11.2. The Morgan fingerprint density at radius 1 is 0.415 bits per heavy atom. The molecule has 0 unspecified atom stereocenters. The molecular formula is C36H26N4O. The second-order valence-electron chi connectivity index (χ2n) is 10.1. The van der Waals surface area contributed by atoms with Crippen molar-refractivity contribution in [2.75, 3.05) is 0 Å². The fraction of sp³-hybridized carbons (Fsp3) is 0.0556. The van der Waals surface area contributed by atoms with Crippen LogP contribution in [0.1, 0.15) is 11.1 Å². The van der Waals surface area contributed by atoms with Crippen molar-refractivity contribution in [3.8, 4) is 56.6 Å². The van der Waals surface area contributed by atoms with E-state index in [9.17, 15) is 0 Å². The Balaban J connectivity index is 1.21. The molecule has 0 bridgehead atoms. The van der Waals surface area contributed by atoms with Crippen molar-refractivity contribution in [3.63, 3.8) is 0 Å². The molecule has 0 aliphatic carbocycles. The molecule has 41 heavy (non-hydrogen) atoms. The summed E-state index contributed by atoms with van der Waals surface area (Å²) in [5, 5.41) is 8.46. The van der Waals surface area contributed by atoms with Crippen LogP contribution in [0.2, 0.25) is 0 Å². The number of benzene rings is 5. The monoisotopic (exact) mass is 530 g/mol. The molecule has 0 aliphatic rings. The van der Waals surface area contributed by atoms with Crippen LogP contribution < -0.4 is 0 Å². The molecule has 0 saturated carbocycles. The number of aryl methyl sites for hydroxylation is 2. The minimum Gasteiger partial charge on any atom is -0.416 e. The zero-order valence-electron chi connectivity index (χ0n) is 22.7. The van der Waals surface area contributed by atoms with Crippen molar-refractivity contribution in [1.82, 2.24) is 20.2 Å². The minimum atomic E-state index is 0.500. The molecule has 2 aromatic heterocycles. The standard InChI is InChI=1S/C36H26N4O/c1-23-21-31-32(22-24(23)2)38-34(33(37-31)27-9-5-3-6-10-27)28-17-13-25(14-18-28)26-15-19-30(20-16-26)36-40-39-35(41-36)29-11-7-4-8-12-29/h3-22H,1-2H3. The molecule has 0 aliphatic heterocycles. The Hall–Kier alpha value is -5.42. The van der Waals surface area contributed by atoms with Crippen LogP contribution in [0.3, 0.4) is 0 Å². The fourth-order valence-corrected chi connectivity index (χ4v) is 4.97. The fourth-order valence-electron chi connectivity index (χ4n) is 4.97. The highest BCUT2D eigenvalue weighted by molar-refractivity contribution is 5.87. The summed E-state index contributed by atoms with van der Waals surface area (Å²) in [7, 11) is 0. The van der Waals surface area contributed by atoms with Gasteiger partial charge in [0.05, 0.1) is 22.4 Å². The maximum absolute atomic E-state index is 5.92. The highest BCUT2D eigenvalue weighted by Crippen LogP contribution is 2.33. The van der Waals surface area contributed by atoms with Crippen LogP contribution in [0, 0.1) is 13.8 Å². The van der Waals surface area contributed by atoms with Gasteiger partial charge in [-0.05, 0) is 72.5 Å². The van der Waals surface area contributed by atoms with Crippen LogP contribution in [-0.4, -0.2) is 20.2 Å². The van der Waals surface area contributed by atoms with Crippen molar-refractivity contribution < 1.29 is 4.42 Å². The van der Waals surface area contributed by atoms with E-state index in [1.807, 2.05) is 60.7 Å². The molecule has 7 rings (SSSR count). The average Bonchev–Trinajstić information content (AvgIpc) is 3.53. The van der Waals surface area contributed by atoms with E-state index in [4.69, 9.17) is 14.4 Å². The first-order chi connectivity index (χ1) is 20.1. The molecule has 5 heteroatoms. The molecule has 0 amide bonds. The molecule has 0 atom stereocenters. The highest BCUT2D eigenvalue weighted by atomic mass is 16.4. The molecule has 0 saturated heterocycles. The predicted molar refractivity (Wildman–Crippen MR) is 164 cm³/mol. The number of nitrogens with zero attached hydrogens (tertiary/aromatic N) is 4. The van der Waals surface area contributed by atoms with Crippen LogP contribution in [-0.2, 0) is 0 Å². The van der Waals surface area contributed by atoms with Crippen molar-refractivity contribution in [2.45, 2.75) is 13.8 Å². The third-order valence-electron chi connectivity index (χ3n) is 7.40. The molecule has 5 aromatic carbocycles. The molecule has 0 radical (unpaired) electrons. The number of hydrogen-bond donors (Lipinski definition) is 0. The summed E-state index contributed by atoms with van der Waals surface area (Å²) in [4.78, 5) is 10.2. The Bertz CT molecular complexity index is 1980. The topological polar surface area (TPSA) is 64.7 Å². The van der Waals surface area contributed by atoms with Gasteiger partial charge in [0.2, 0.25) is 11.8 Å². The maximum atomic E-state index is 5.92. The van der Waals surface area contributed by atoms with Gasteiger partial charge in [-0.2, -0.15) is 0 Å². The van der Waals surface area contributed by atoms with Gasteiger partial charge < -0.3 is 4.42 Å². The Labute approximate surface area is 238 Å². The van der Waals surface area contributed by atoms with E-state index >= 15 is 0 Å². The van der Waals surface area contributed by atoms with E-state index in [0.29, 0.717) is 11.8 Å². The Kier molecular flexibility index (Phi) is 6.17. The lowest BCUT2D eigenvalue weighted by Gasteiger charge is -2.12. The van der Waals surface area contributed by atoms with Gasteiger partial charge in [0, 0.05) is 22.3 Å². The second-order valence-corrected chi connectivity index (χ2v) is 10.1. The molecule has 5 nitrogen and oxygen atoms in total. The van der Waals surface area contributed by atoms with Crippen molar-refractivity contribution in [1.29, 1.82) is 0 Å². The van der Waals surface area contributed by atoms with Crippen LogP contribution in [0.15, 0.2) is 126 Å². The SMILES string of the molecule is Cc1cc2nc(-c3ccccc3)c(-c3ccc(-c4ccc(-c5nnc(-c6ccccc6)o5)cc4)cc3)nc2cc1C. The van der Waals surface area contributed by atoms with E-state index < -0.39 is 0 Å². The number of hydrogen-bond acceptors (Lipinski definition) is 5. The van der Waals surface area contributed by atoms with E-state index in [1.54, 1.807) is 0 Å². The summed E-state index contributed by atoms with van der Waals surface area (Å²) < 4.78 is 5.92. The summed E-state index contributed by atoms with van der Waals surface area (Å²) >= 11 is 0. The van der Waals surface area contributed by atoms with Gasteiger partial charge in [0.25, 0.3) is 0 Å². The van der Waals surface area contributed by atoms with Gasteiger partial charge in [-0.3, -0.25) is 0 Å². The average molecular weight is 531 g/mol. The van der Waals surface area contributed by atoms with Gasteiger partial charge >= 0.3 is 0 Å². The van der Waals surface area contributed by atoms with E-state index in [1.165, 1.54) is 11.1 Å². The number of rotatable bonds is 5. The van der Waals surface area contributed by atoms with Crippen molar-refractivity contribution in [2.24, 2.45) is 0 Å². The minimum absolute atomic E-state index is 0.500. The third-order valence-corrected chi connectivity index (χ3v) is 7.40. The summed E-state index contributed by atoms with van der Waals surface area (Å²) in [5.41, 5.74) is 12.0. The van der Waals surface area contributed by atoms with Gasteiger partial charge in [0.1, 0.15) is 0 Å². The van der Waals surface area contributed by atoms with Crippen molar-refractivity contribution >= 4 is 11.0 Å². The summed E-state index contributed by atoms with van der Waals surface area (Å²) in [6.45, 7) is 4.23. The molecule has 0 fully saturated rings. The number of aromatic nitrogens is 4. The first-order valence-corrected chi connectivity index (χ1v) is 13.6. The van der Waals surface area contributed by atoms with Gasteiger partial charge in [0.15, 0.2) is 0 Å². The van der Waals surface area contributed by atoms with Gasteiger partial charge in [-0.1, -0.05) is 84.9 Å². The third kappa shape index (κ3) is 4.79. The lowest BCUT2D eigenvalue weighted by molar-refractivity contribution is 0.584. The maximum Gasteiger partial charge on any atom is 0.248 e. The quantitative estimate of drug-likeness (QED) is 0.222. The van der Waals surface area contributed by atoms with Gasteiger partial charge in [-0.15, -0.1) is 10.2 Å². The summed E-state index contributed by atoms with van der Waals surface area (Å²) in [5.74, 6) is 1.01. The Morgan fingerprint density at radius 3 is 1.27 bits per heavy atom. The molecule has 0 N–H and O–H groups in total. The summed E-state index contributed by atoms with van der Waals surface area (Å²) in [6.07, 6.45) is 0. The summed E-state index contributed by atoms with van der Waals surface area (Å²) in [6, 6.07) is 41.0. The second kappa shape index (κ2) is 10.3. The highest BCUT2D eigenvalue weighted by Gasteiger charge is 2.15. The largest absolute Gasteiger partial charge is 0.416 e. The van der Waals surface area contributed by atoms with E-state index in [0.717, 1.165) is 55.8 Å². The van der Waals surface area contributed by atoms with Crippen molar-refractivity contribution in [3.05, 3.63) is 132 Å². The zero-order chi connectivity index (χ0) is 27.8. The van der Waals surface area contributed by atoms with Gasteiger partial charge in [-0.25, -0.2) is 9.97 Å². The first kappa shape index (κ1) is 24.6. The molecule has 2 heterocycles. The van der Waals surface area contributed by atoms with Crippen LogP contribution in [0.5, 0.6) is 0 Å². The molecule has 0 spiro atoms. The lowest BCUT2D eigenvalue weighted by atomic mass is 9.99. The molecule has 196 valence electrons. The molecular weight excluding hydrogens is 504 g/mol. The lowest BCUT2D eigenvalue weighted by Crippen LogP contribution is -1.97. The molecule has 7 aromatic rings. The van der Waals surface area contributed by atoms with Crippen LogP contribution >= 0.6 is 0 Å². The van der Waals surface area contributed by atoms with E-state index in [2.05, 4.69) is 84.7 Å². The predicted octanol–water partition coefficient (Wildman–Crippen LogP) is 8.96. The van der Waals surface area contributed by atoms with Crippen LogP contribution in [0.25, 0.3) is 67.6 Å². The van der Waals surface area contributed by atoms with E-state index in [-0.39, 0.29) is 0 Å².